The smallest absolute Gasteiger partial charge is 0.238 e. The average Bonchev–Trinajstić information content (AvgIpc) is 3.24. The highest BCUT2D eigenvalue weighted by atomic mass is 32.2. The molecule has 4 aromatic rings. The van der Waals surface area contributed by atoms with Crippen molar-refractivity contribution in [2.45, 2.75) is 17.4 Å². The van der Waals surface area contributed by atoms with Crippen molar-refractivity contribution in [2.75, 3.05) is 5.01 Å². The molecule has 0 saturated heterocycles. The van der Waals surface area contributed by atoms with Gasteiger partial charge in [0.1, 0.15) is 5.82 Å². The summed E-state index contributed by atoms with van der Waals surface area (Å²) in [7, 11) is -3.78. The maximum Gasteiger partial charge on any atom is 0.238 e. The van der Waals surface area contributed by atoms with Crippen molar-refractivity contribution in [3.05, 3.63) is 108 Å². The van der Waals surface area contributed by atoms with Gasteiger partial charge in [-0.2, -0.15) is 5.10 Å². The fraction of sp³-hybridized carbons (Fsp3) is 0.0800. The second kappa shape index (κ2) is 7.85. The Balaban J connectivity index is 1.58. The monoisotopic (exact) mass is 445 g/mol. The number of fused-ring (bicyclic) bond motifs is 1. The number of nitrogens with zero attached hydrogens (tertiary/aromatic N) is 2. The Labute approximate surface area is 185 Å². The van der Waals surface area contributed by atoms with E-state index in [0.717, 1.165) is 33.3 Å². The van der Waals surface area contributed by atoms with Gasteiger partial charge >= 0.3 is 0 Å². The quantitative estimate of drug-likeness (QED) is 0.481. The molecule has 0 spiro atoms. The predicted molar refractivity (Wildman–Crippen MR) is 125 cm³/mol. The van der Waals surface area contributed by atoms with E-state index in [1.54, 1.807) is 24.3 Å². The normalized spacial score (nSPS) is 16.4. The standard InChI is InChI=1S/C25H20FN3O2S/c26-21-9-7-18(8-10-21)24-16-25(20-6-5-17-3-1-2-4-19(17)15-20)29(28-24)22-11-13-23(14-12-22)32(27,30)31/h1-15,25H,16H2,(H2,27,30,31). The van der Waals surface area contributed by atoms with Crippen LogP contribution in [0.1, 0.15) is 23.6 Å². The first-order valence-electron chi connectivity index (χ1n) is 10.1. The van der Waals surface area contributed by atoms with E-state index < -0.39 is 10.0 Å². The number of hydrogen-bond acceptors (Lipinski definition) is 4. The number of benzene rings is 4. The summed E-state index contributed by atoms with van der Waals surface area (Å²) >= 11 is 0. The van der Waals surface area contributed by atoms with Crippen LogP contribution in [-0.2, 0) is 10.0 Å². The van der Waals surface area contributed by atoms with E-state index in [2.05, 4.69) is 30.3 Å². The molecule has 0 amide bonds. The molecule has 0 saturated carbocycles. The zero-order valence-electron chi connectivity index (χ0n) is 17.0. The van der Waals surface area contributed by atoms with E-state index >= 15 is 0 Å². The number of halogens is 1. The zero-order valence-corrected chi connectivity index (χ0v) is 17.8. The summed E-state index contributed by atoms with van der Waals surface area (Å²) in [6.07, 6.45) is 0.626. The number of rotatable bonds is 4. The lowest BCUT2D eigenvalue weighted by atomic mass is 9.96. The molecule has 1 atom stereocenters. The molecule has 1 aliphatic rings. The summed E-state index contributed by atoms with van der Waals surface area (Å²) in [4.78, 5) is 0.0467. The number of hydrogen-bond donors (Lipinski definition) is 1. The minimum atomic E-state index is -3.78. The van der Waals surface area contributed by atoms with Gasteiger partial charge in [-0.05, 0) is 64.4 Å². The lowest BCUT2D eigenvalue weighted by Gasteiger charge is -2.24. The number of sulfonamides is 1. The van der Waals surface area contributed by atoms with Crippen LogP contribution in [0, 0.1) is 5.82 Å². The highest BCUT2D eigenvalue weighted by Gasteiger charge is 2.30. The first kappa shape index (κ1) is 20.4. The van der Waals surface area contributed by atoms with Crippen LogP contribution in [0.3, 0.4) is 0 Å². The molecule has 5 rings (SSSR count). The molecule has 2 N–H and O–H groups in total. The van der Waals surface area contributed by atoms with Gasteiger partial charge in [-0.1, -0.05) is 48.5 Å². The molecule has 1 aliphatic heterocycles. The van der Waals surface area contributed by atoms with E-state index in [9.17, 15) is 12.8 Å². The molecule has 0 aromatic heterocycles. The summed E-state index contributed by atoms with van der Waals surface area (Å²) in [5, 5.41) is 14.2. The Morgan fingerprint density at radius 2 is 1.56 bits per heavy atom. The lowest BCUT2D eigenvalue weighted by molar-refractivity contribution is 0.597. The lowest BCUT2D eigenvalue weighted by Crippen LogP contribution is -2.19. The molecule has 32 heavy (non-hydrogen) atoms. The third-order valence-corrected chi connectivity index (χ3v) is 6.61. The van der Waals surface area contributed by atoms with Crippen LogP contribution in [0.4, 0.5) is 10.1 Å². The van der Waals surface area contributed by atoms with Crippen molar-refractivity contribution < 1.29 is 12.8 Å². The van der Waals surface area contributed by atoms with Crippen LogP contribution >= 0.6 is 0 Å². The Morgan fingerprint density at radius 1 is 0.875 bits per heavy atom. The number of anilines is 1. The SMILES string of the molecule is NS(=O)(=O)c1ccc(N2N=C(c3ccc(F)cc3)CC2c2ccc3ccccc3c2)cc1. The molecule has 0 radical (unpaired) electrons. The highest BCUT2D eigenvalue weighted by molar-refractivity contribution is 7.89. The maximum atomic E-state index is 13.4. The van der Waals surface area contributed by atoms with Crippen LogP contribution in [0.5, 0.6) is 0 Å². The predicted octanol–water partition coefficient (Wildman–Crippen LogP) is 4.98. The van der Waals surface area contributed by atoms with Crippen molar-refractivity contribution >= 4 is 32.2 Å². The van der Waals surface area contributed by atoms with Gasteiger partial charge in [-0.25, -0.2) is 17.9 Å². The molecule has 1 heterocycles. The van der Waals surface area contributed by atoms with Gasteiger partial charge < -0.3 is 0 Å². The van der Waals surface area contributed by atoms with Gasteiger partial charge in [0.2, 0.25) is 10.0 Å². The molecule has 5 nitrogen and oxygen atoms in total. The molecular weight excluding hydrogens is 425 g/mol. The Hall–Kier alpha value is -3.55. The third kappa shape index (κ3) is 3.88. The van der Waals surface area contributed by atoms with Crippen LogP contribution < -0.4 is 10.1 Å². The highest BCUT2D eigenvalue weighted by Crippen LogP contribution is 2.38. The van der Waals surface area contributed by atoms with Gasteiger partial charge in [0, 0.05) is 6.42 Å². The van der Waals surface area contributed by atoms with Crippen LogP contribution in [0.15, 0.2) is 101 Å². The van der Waals surface area contributed by atoms with Crippen LogP contribution in [-0.4, -0.2) is 14.1 Å². The fourth-order valence-electron chi connectivity index (χ4n) is 4.03. The van der Waals surface area contributed by atoms with Crippen LogP contribution in [0.25, 0.3) is 10.8 Å². The average molecular weight is 446 g/mol. The summed E-state index contributed by atoms with van der Waals surface area (Å²) in [5.41, 5.74) is 3.51. The molecular formula is C25H20FN3O2S. The molecule has 0 bridgehead atoms. The van der Waals surface area contributed by atoms with E-state index in [0.29, 0.717) is 6.42 Å². The Bertz CT molecular complexity index is 1430. The molecule has 1 unspecified atom stereocenters. The van der Waals surface area contributed by atoms with Gasteiger partial charge in [-0.3, -0.25) is 5.01 Å². The number of primary sulfonamides is 1. The molecule has 4 aromatic carbocycles. The molecule has 7 heteroatoms. The number of nitrogens with two attached hydrogens (primary N) is 1. The van der Waals surface area contributed by atoms with Crippen LogP contribution in [0.2, 0.25) is 0 Å². The van der Waals surface area contributed by atoms with Gasteiger partial charge in [-0.15, -0.1) is 0 Å². The third-order valence-electron chi connectivity index (χ3n) is 5.68. The summed E-state index contributed by atoms with van der Waals surface area (Å²) < 4.78 is 36.7. The van der Waals surface area contributed by atoms with Crippen molar-refractivity contribution in [1.29, 1.82) is 0 Å². The number of hydrazone groups is 1. The zero-order chi connectivity index (χ0) is 22.3. The fourth-order valence-corrected chi connectivity index (χ4v) is 4.54. The van der Waals surface area contributed by atoms with Crippen molar-refractivity contribution in [1.82, 2.24) is 0 Å². The summed E-state index contributed by atoms with van der Waals surface area (Å²) in [6.45, 7) is 0. The minimum Gasteiger partial charge on any atom is -0.257 e. The van der Waals surface area contributed by atoms with Crippen molar-refractivity contribution in [2.24, 2.45) is 10.2 Å². The van der Waals surface area contributed by atoms with Crippen molar-refractivity contribution in [3.63, 3.8) is 0 Å². The molecule has 160 valence electrons. The largest absolute Gasteiger partial charge is 0.257 e. The van der Waals surface area contributed by atoms with Gasteiger partial charge in [0.15, 0.2) is 0 Å². The minimum absolute atomic E-state index is 0.0467. The summed E-state index contributed by atoms with van der Waals surface area (Å²) in [5.74, 6) is -0.297. The van der Waals surface area contributed by atoms with E-state index in [-0.39, 0.29) is 16.8 Å². The Kier molecular flexibility index (Phi) is 5.00. The van der Waals surface area contributed by atoms with E-state index in [4.69, 9.17) is 10.2 Å². The van der Waals surface area contributed by atoms with E-state index in [1.165, 1.54) is 24.3 Å². The van der Waals surface area contributed by atoms with Gasteiger partial charge in [0.25, 0.3) is 0 Å². The second-order valence-electron chi connectivity index (χ2n) is 7.76. The van der Waals surface area contributed by atoms with Crippen molar-refractivity contribution in [3.8, 4) is 0 Å². The van der Waals surface area contributed by atoms with Gasteiger partial charge in [0.05, 0.1) is 22.3 Å². The first-order valence-corrected chi connectivity index (χ1v) is 11.7. The molecule has 0 aliphatic carbocycles. The first-order chi connectivity index (χ1) is 15.4. The molecule has 0 fully saturated rings. The second-order valence-corrected chi connectivity index (χ2v) is 9.32. The maximum absolute atomic E-state index is 13.4. The Morgan fingerprint density at radius 3 is 2.25 bits per heavy atom. The summed E-state index contributed by atoms with van der Waals surface area (Å²) in [6, 6.07) is 27.0. The topological polar surface area (TPSA) is 75.8 Å². The van der Waals surface area contributed by atoms with E-state index in [1.807, 2.05) is 17.1 Å².